The van der Waals surface area contributed by atoms with Gasteiger partial charge in [0.05, 0.1) is 30.4 Å². The third kappa shape index (κ3) is 1.22. The third-order valence-corrected chi connectivity index (χ3v) is 5.13. The van der Waals surface area contributed by atoms with Crippen LogP contribution in [0.25, 0.3) is 11.3 Å². The van der Waals surface area contributed by atoms with Crippen molar-refractivity contribution in [2.75, 3.05) is 0 Å². The third-order valence-electron chi connectivity index (χ3n) is 4.14. The second kappa shape index (κ2) is 3.43. The Morgan fingerprint density at radius 2 is 2.35 bits per heavy atom. The fourth-order valence-electron chi connectivity index (χ4n) is 3.36. The molecule has 4 heteroatoms. The van der Waals surface area contributed by atoms with Crippen LogP contribution in [-0.4, -0.2) is 20.8 Å². The summed E-state index contributed by atoms with van der Waals surface area (Å²) in [5, 5.41) is 12.3. The van der Waals surface area contributed by atoms with Crippen LogP contribution in [0, 0.1) is 5.92 Å². The highest BCUT2D eigenvalue weighted by molar-refractivity contribution is 7.10. The number of rotatable bonds is 1. The van der Waals surface area contributed by atoms with Gasteiger partial charge in [-0.15, -0.1) is 11.3 Å². The normalized spacial score (nSPS) is 30.5. The molecule has 17 heavy (non-hydrogen) atoms. The Bertz CT molecular complexity index is 519. The van der Waals surface area contributed by atoms with Crippen LogP contribution in [0.15, 0.2) is 24.0 Å². The molecule has 0 amide bonds. The van der Waals surface area contributed by atoms with Crippen molar-refractivity contribution >= 4 is 11.3 Å². The number of nitrogens with zero attached hydrogens (tertiary/aromatic N) is 2. The van der Waals surface area contributed by atoms with Crippen LogP contribution in [0.1, 0.15) is 30.2 Å². The van der Waals surface area contributed by atoms with Gasteiger partial charge >= 0.3 is 0 Å². The minimum absolute atomic E-state index is 0.150. The fourth-order valence-corrected chi connectivity index (χ4v) is 4.44. The Morgan fingerprint density at radius 1 is 1.41 bits per heavy atom. The first-order valence-electron chi connectivity index (χ1n) is 6.14. The molecule has 3 nitrogen and oxygen atoms in total. The van der Waals surface area contributed by atoms with Crippen LogP contribution in [0.3, 0.4) is 0 Å². The molecule has 0 spiro atoms. The number of imidazole rings is 1. The van der Waals surface area contributed by atoms with E-state index in [1.807, 2.05) is 23.9 Å². The van der Waals surface area contributed by atoms with Gasteiger partial charge in [0.25, 0.3) is 0 Å². The molecule has 1 aliphatic carbocycles. The molecule has 1 N–H and O–H groups in total. The lowest BCUT2D eigenvalue weighted by molar-refractivity contribution is 0.113. The smallest absolute Gasteiger partial charge is 0.0957 e. The number of thiophene rings is 1. The number of aliphatic hydroxyl groups is 1. The van der Waals surface area contributed by atoms with E-state index in [1.165, 1.54) is 16.1 Å². The van der Waals surface area contributed by atoms with Gasteiger partial charge in [-0.05, 0) is 24.3 Å². The van der Waals surface area contributed by atoms with Crippen molar-refractivity contribution in [3.05, 3.63) is 28.8 Å². The van der Waals surface area contributed by atoms with Crippen LogP contribution in [0.4, 0.5) is 0 Å². The van der Waals surface area contributed by atoms with Gasteiger partial charge in [-0.2, -0.15) is 0 Å². The number of hydrogen-bond donors (Lipinski definition) is 1. The molecule has 3 atom stereocenters. The predicted octanol–water partition coefficient (Wildman–Crippen LogP) is 2.68. The molecule has 2 aromatic heterocycles. The first-order valence-corrected chi connectivity index (χ1v) is 7.02. The maximum Gasteiger partial charge on any atom is 0.0957 e. The summed E-state index contributed by atoms with van der Waals surface area (Å²) < 4.78 is 2.25. The maximum absolute atomic E-state index is 10.1. The number of aliphatic hydroxyl groups excluding tert-OH is 1. The van der Waals surface area contributed by atoms with Gasteiger partial charge in [-0.3, -0.25) is 0 Å². The summed E-state index contributed by atoms with van der Waals surface area (Å²) in [7, 11) is 0. The number of hydrogen-bond acceptors (Lipinski definition) is 3. The Labute approximate surface area is 104 Å². The Kier molecular flexibility index (Phi) is 1.99. The van der Waals surface area contributed by atoms with Gasteiger partial charge < -0.3 is 9.67 Å². The van der Waals surface area contributed by atoms with E-state index in [1.54, 1.807) is 0 Å². The SMILES string of the molecule is O[C@H]1CCCC1[C@H]1c2sccc2-c2cncn21. The van der Waals surface area contributed by atoms with Crippen molar-refractivity contribution in [3.8, 4) is 11.3 Å². The van der Waals surface area contributed by atoms with E-state index in [0.29, 0.717) is 12.0 Å². The molecule has 1 aliphatic heterocycles. The lowest BCUT2D eigenvalue weighted by atomic mass is 9.95. The zero-order chi connectivity index (χ0) is 11.4. The summed E-state index contributed by atoms with van der Waals surface area (Å²) in [5.41, 5.74) is 2.53. The highest BCUT2D eigenvalue weighted by Crippen LogP contribution is 2.49. The van der Waals surface area contributed by atoms with Crippen molar-refractivity contribution in [3.63, 3.8) is 0 Å². The molecular weight excluding hydrogens is 232 g/mol. The summed E-state index contributed by atoms with van der Waals surface area (Å²) >= 11 is 1.81. The van der Waals surface area contributed by atoms with Crippen molar-refractivity contribution in [2.45, 2.75) is 31.4 Å². The molecule has 3 heterocycles. The first kappa shape index (κ1) is 9.85. The quantitative estimate of drug-likeness (QED) is 0.840. The molecule has 0 radical (unpaired) electrons. The molecule has 0 saturated heterocycles. The minimum atomic E-state index is -0.150. The molecule has 0 aromatic carbocycles. The summed E-state index contributed by atoms with van der Waals surface area (Å²) in [6.45, 7) is 0. The average Bonchev–Trinajstić information content (AvgIpc) is 3.00. The molecule has 0 bridgehead atoms. The summed E-state index contributed by atoms with van der Waals surface area (Å²) in [4.78, 5) is 5.67. The van der Waals surface area contributed by atoms with Gasteiger partial charge in [0.15, 0.2) is 0 Å². The second-order valence-electron chi connectivity index (χ2n) is 4.99. The van der Waals surface area contributed by atoms with Crippen LogP contribution >= 0.6 is 11.3 Å². The lowest BCUT2D eigenvalue weighted by Crippen LogP contribution is -2.23. The fraction of sp³-hybridized carbons (Fsp3) is 0.462. The lowest BCUT2D eigenvalue weighted by Gasteiger charge is -2.23. The predicted molar refractivity (Wildman–Crippen MR) is 67.0 cm³/mol. The molecule has 1 saturated carbocycles. The topological polar surface area (TPSA) is 38.1 Å². The number of aromatic nitrogens is 2. The summed E-state index contributed by atoms with van der Waals surface area (Å²) in [6, 6.07) is 2.49. The monoisotopic (exact) mass is 246 g/mol. The molecule has 4 rings (SSSR count). The standard InChI is InChI=1S/C13H14N2OS/c16-11-3-1-2-9(11)12-13-8(4-5-17-13)10-6-14-7-15(10)12/h4-7,9,11-12,16H,1-3H2/t9?,11-,12-/m0/s1. The van der Waals surface area contributed by atoms with Crippen LogP contribution in [0.5, 0.6) is 0 Å². The van der Waals surface area contributed by atoms with E-state index >= 15 is 0 Å². The summed E-state index contributed by atoms with van der Waals surface area (Å²) in [5.74, 6) is 0.364. The largest absolute Gasteiger partial charge is 0.393 e. The zero-order valence-corrected chi connectivity index (χ0v) is 10.2. The average molecular weight is 246 g/mol. The molecule has 88 valence electrons. The zero-order valence-electron chi connectivity index (χ0n) is 9.41. The van der Waals surface area contributed by atoms with Gasteiger partial charge in [-0.1, -0.05) is 6.42 Å². The van der Waals surface area contributed by atoms with E-state index < -0.39 is 0 Å². The van der Waals surface area contributed by atoms with Gasteiger partial charge in [0.1, 0.15) is 0 Å². The molecule has 1 unspecified atom stereocenters. The first-order chi connectivity index (χ1) is 8.36. The van der Waals surface area contributed by atoms with E-state index in [9.17, 15) is 5.11 Å². The number of fused-ring (bicyclic) bond motifs is 3. The van der Waals surface area contributed by atoms with Gasteiger partial charge in [0, 0.05) is 16.4 Å². The van der Waals surface area contributed by atoms with Crippen molar-refractivity contribution < 1.29 is 5.11 Å². The second-order valence-corrected chi connectivity index (χ2v) is 5.94. The Hall–Kier alpha value is -1.13. The van der Waals surface area contributed by atoms with Crippen LogP contribution < -0.4 is 0 Å². The molecule has 2 aliphatic rings. The van der Waals surface area contributed by atoms with Crippen molar-refractivity contribution in [1.29, 1.82) is 0 Å². The maximum atomic E-state index is 10.1. The minimum Gasteiger partial charge on any atom is -0.393 e. The van der Waals surface area contributed by atoms with E-state index in [4.69, 9.17) is 0 Å². The van der Waals surface area contributed by atoms with E-state index in [-0.39, 0.29) is 6.10 Å². The Morgan fingerprint density at radius 3 is 3.18 bits per heavy atom. The van der Waals surface area contributed by atoms with Crippen molar-refractivity contribution in [2.24, 2.45) is 5.92 Å². The molecule has 1 fully saturated rings. The van der Waals surface area contributed by atoms with Crippen LogP contribution in [-0.2, 0) is 0 Å². The molecular formula is C13H14N2OS. The van der Waals surface area contributed by atoms with E-state index in [2.05, 4.69) is 21.0 Å². The van der Waals surface area contributed by atoms with Gasteiger partial charge in [-0.25, -0.2) is 4.98 Å². The Balaban J connectivity index is 1.87. The highest BCUT2D eigenvalue weighted by atomic mass is 32.1. The van der Waals surface area contributed by atoms with Crippen molar-refractivity contribution in [1.82, 2.24) is 9.55 Å². The summed E-state index contributed by atoms with van der Waals surface area (Å²) in [6.07, 6.45) is 6.92. The highest BCUT2D eigenvalue weighted by Gasteiger charge is 2.40. The van der Waals surface area contributed by atoms with Crippen LogP contribution in [0.2, 0.25) is 0 Å². The van der Waals surface area contributed by atoms with E-state index in [0.717, 1.165) is 19.3 Å². The molecule has 2 aromatic rings. The van der Waals surface area contributed by atoms with Gasteiger partial charge in [0.2, 0.25) is 0 Å².